The lowest BCUT2D eigenvalue weighted by Crippen LogP contribution is -2.24. The minimum absolute atomic E-state index is 0.218. The number of isothiocyanates is 4. The Morgan fingerprint density at radius 1 is 0.475 bits per heavy atom. The Morgan fingerprint density at radius 3 is 0.775 bits per heavy atom. The largest absolute Gasteiger partial charge is 0.474 e. The summed E-state index contributed by atoms with van der Waals surface area (Å²) in [5, 5.41) is 19.1. The number of nitrogens with zero attached hydrogens (tertiary/aromatic N) is 8. The first kappa shape index (κ1) is 36.9. The second-order valence-electron chi connectivity index (χ2n) is 5.81. The van der Waals surface area contributed by atoms with Gasteiger partial charge in [0.2, 0.25) is 0 Å². The van der Waals surface area contributed by atoms with Crippen LogP contribution in [0, 0.1) is 0 Å². The van der Waals surface area contributed by atoms with Crippen LogP contribution < -0.4 is 20.3 Å². The molecule has 1 rings (SSSR count). The lowest BCUT2D eigenvalue weighted by atomic mass is 11.3. The van der Waals surface area contributed by atoms with Gasteiger partial charge in [-0.2, -0.15) is 18.1 Å². The summed E-state index contributed by atoms with van der Waals surface area (Å²) in [6, 6.07) is 0. The molecular formula is C12H16N12O4P4S8. The molecule has 0 amide bonds. The molecule has 16 nitrogen and oxygen atoms in total. The summed E-state index contributed by atoms with van der Waals surface area (Å²) in [6.07, 6.45) is 0. The van der Waals surface area contributed by atoms with Crippen LogP contribution in [-0.4, -0.2) is 69.8 Å². The maximum absolute atomic E-state index is 5.22. The maximum Gasteiger partial charge on any atom is 0.301 e. The molecule has 1 aliphatic heterocycles. The Hall–Kier alpha value is -1.12. The third-order valence-electron chi connectivity index (χ3n) is 3.43. The molecule has 28 heteroatoms. The predicted octanol–water partition coefficient (Wildman–Crippen LogP) is 6.28. The van der Waals surface area contributed by atoms with Crippen LogP contribution in [0.15, 0.2) is 37.1 Å². The van der Waals surface area contributed by atoms with Crippen molar-refractivity contribution in [3.8, 4) is 0 Å². The maximum atomic E-state index is 5.22. The minimum Gasteiger partial charge on any atom is -0.474 e. The molecule has 0 aliphatic carbocycles. The van der Waals surface area contributed by atoms with Gasteiger partial charge in [-0.3, -0.25) is 20.3 Å². The van der Waals surface area contributed by atoms with E-state index in [9.17, 15) is 0 Å². The summed E-state index contributed by atoms with van der Waals surface area (Å²) in [6.45, 7) is 0. The molecular weight excluding hydrogens is 757 g/mol. The first-order valence-corrected chi connectivity index (χ1v) is 19.1. The fourth-order valence-electron chi connectivity index (χ4n) is 2.11. The number of nitrogens with one attached hydrogen (secondary N) is 4. The van der Waals surface area contributed by atoms with Gasteiger partial charge in [0.25, 0.3) is 20.7 Å². The fourth-order valence-corrected chi connectivity index (χ4v) is 17.1. The van der Waals surface area contributed by atoms with Crippen molar-refractivity contribution in [2.45, 2.75) is 0 Å². The number of hydrogen-bond acceptors (Lipinski definition) is 20. The minimum atomic E-state index is -3.91. The topological polar surface area (TPSA) is 184 Å². The van der Waals surface area contributed by atoms with E-state index in [2.05, 4.69) is 60.0 Å². The van der Waals surface area contributed by atoms with E-state index in [1.165, 1.54) is 28.4 Å². The van der Waals surface area contributed by atoms with E-state index in [1.807, 2.05) is 0 Å². The van der Waals surface area contributed by atoms with Gasteiger partial charge in [0.05, 0.1) is 49.1 Å². The lowest BCUT2D eigenvalue weighted by molar-refractivity contribution is 0.403. The Kier molecular flexibility index (Phi) is 15.8. The first-order valence-electron chi connectivity index (χ1n) is 9.27. The third kappa shape index (κ3) is 10.6. The second-order valence-corrected chi connectivity index (χ2v) is 17.1. The van der Waals surface area contributed by atoms with E-state index < -0.39 is 30.0 Å². The van der Waals surface area contributed by atoms with Crippen molar-refractivity contribution >= 4 is 169 Å². The number of methoxy groups -OCH3 is 4. The van der Waals surface area contributed by atoms with E-state index in [1.54, 1.807) is 0 Å². The molecule has 40 heavy (non-hydrogen) atoms. The van der Waals surface area contributed by atoms with Gasteiger partial charge in [0.1, 0.15) is 0 Å². The van der Waals surface area contributed by atoms with Crippen LogP contribution >= 0.6 is 128 Å². The zero-order chi connectivity index (χ0) is 30.5. The summed E-state index contributed by atoms with van der Waals surface area (Å²) in [4.78, 5) is 0. The monoisotopic (exact) mass is 772 g/mol. The van der Waals surface area contributed by atoms with Gasteiger partial charge < -0.3 is 18.9 Å². The molecule has 0 spiro atoms. The average Bonchev–Trinajstić information content (AvgIpc) is 2.87. The highest BCUT2D eigenvalue weighted by Crippen LogP contribution is 2.76. The number of hydrogen-bond donors (Lipinski definition) is 4. The van der Waals surface area contributed by atoms with Gasteiger partial charge >= 0.3 is 30.0 Å². The standard InChI is InChI=1S/C12H16N12O4P4S8/c1-25-9(37)17-29(13-5-33)21-30(14-6-34,18-10(38)26-2)23-32(16-8-36,20-12(40)28-4)24-31(22-29,15-7-35)19-11(39)27-3/h1-4H3,(H,17,37)(H,18,38)(H,19,39)(H,20,40). The van der Waals surface area contributed by atoms with E-state index in [4.69, 9.17) is 135 Å². The summed E-state index contributed by atoms with van der Waals surface area (Å²) in [7, 11) is -10.5. The Balaban J connectivity index is 4.84. The van der Waals surface area contributed by atoms with Crippen LogP contribution in [0.1, 0.15) is 0 Å². The van der Waals surface area contributed by atoms with Crippen LogP contribution in [0.4, 0.5) is 0 Å². The molecule has 0 fully saturated rings. The molecule has 1 aliphatic rings. The normalized spacial score (nSPS) is 26.1. The molecule has 0 saturated carbocycles. The van der Waals surface area contributed by atoms with Gasteiger partial charge in [-0.1, -0.05) is 0 Å². The van der Waals surface area contributed by atoms with Crippen molar-refractivity contribution in [2.75, 3.05) is 28.4 Å². The zero-order valence-corrected chi connectivity index (χ0v) is 30.4. The smallest absolute Gasteiger partial charge is 0.301 e. The lowest BCUT2D eigenvalue weighted by Gasteiger charge is -2.29. The van der Waals surface area contributed by atoms with Gasteiger partial charge in [-0.15, -0.1) is 19.1 Å². The van der Waals surface area contributed by atoms with Crippen LogP contribution in [0.25, 0.3) is 0 Å². The Labute approximate surface area is 271 Å². The summed E-state index contributed by atoms with van der Waals surface area (Å²) < 4.78 is 56.1. The van der Waals surface area contributed by atoms with Crippen molar-refractivity contribution in [1.29, 1.82) is 0 Å². The van der Waals surface area contributed by atoms with Crippen molar-refractivity contribution in [3.05, 3.63) is 0 Å². The van der Waals surface area contributed by atoms with Crippen LogP contribution in [0.5, 0.6) is 0 Å². The van der Waals surface area contributed by atoms with Crippen molar-refractivity contribution in [1.82, 2.24) is 20.3 Å². The molecule has 0 unspecified atom stereocenters. The number of ether oxygens (including phenoxy) is 4. The molecule has 0 atom stereocenters. The fraction of sp³-hybridized carbons (Fsp3) is 0.333. The average molecular weight is 773 g/mol. The van der Waals surface area contributed by atoms with Crippen molar-refractivity contribution in [2.24, 2.45) is 37.1 Å². The molecule has 0 aromatic carbocycles. The highest BCUT2D eigenvalue weighted by atomic mass is 32.1. The molecule has 0 bridgehead atoms. The summed E-state index contributed by atoms with van der Waals surface area (Å²) in [5.41, 5.74) is 0. The second kappa shape index (κ2) is 17.1. The molecule has 0 aromatic heterocycles. The van der Waals surface area contributed by atoms with E-state index in [0.717, 1.165) is 0 Å². The highest BCUT2D eigenvalue weighted by molar-refractivity contribution is 7.89. The molecule has 0 radical (unpaired) electrons. The van der Waals surface area contributed by atoms with E-state index >= 15 is 0 Å². The summed E-state index contributed by atoms with van der Waals surface area (Å²) in [5.74, 6) is 0. The predicted molar refractivity (Wildman–Crippen MR) is 188 cm³/mol. The quantitative estimate of drug-likeness (QED) is 0.123. The van der Waals surface area contributed by atoms with E-state index in [-0.39, 0.29) is 20.7 Å². The zero-order valence-electron chi connectivity index (χ0n) is 20.3. The highest BCUT2D eigenvalue weighted by Gasteiger charge is 2.40. The molecule has 0 saturated heterocycles. The Bertz CT molecular complexity index is 1280. The van der Waals surface area contributed by atoms with Crippen LogP contribution in [0.3, 0.4) is 0 Å². The van der Waals surface area contributed by atoms with Gasteiger partial charge in [-0.25, -0.2) is 0 Å². The van der Waals surface area contributed by atoms with Crippen molar-refractivity contribution in [3.63, 3.8) is 0 Å². The van der Waals surface area contributed by atoms with Gasteiger partial charge in [-0.05, 0) is 97.7 Å². The molecule has 4 N–H and O–H groups in total. The number of thiocarbonyl (C=S) groups is 8. The van der Waals surface area contributed by atoms with Gasteiger partial charge in [0, 0.05) is 0 Å². The van der Waals surface area contributed by atoms with Crippen LogP contribution in [-0.2, 0) is 18.9 Å². The van der Waals surface area contributed by atoms with E-state index in [0.29, 0.717) is 0 Å². The molecule has 1 heterocycles. The molecule has 216 valence electrons. The summed E-state index contributed by atoms with van der Waals surface area (Å²) >= 11 is 40.5. The number of rotatable bonds is 8. The third-order valence-corrected chi connectivity index (χ3v) is 17.5. The van der Waals surface area contributed by atoms with Crippen LogP contribution in [0.2, 0.25) is 0 Å². The Morgan fingerprint density at radius 2 is 0.650 bits per heavy atom. The SMILES string of the molecule is COC(=S)NP1(N=C=S)=NP(N=C=S)(NC(=S)OC)=NP(N=C=S)(NC(=S)OC)=NP(N=C=S)(NC(=S)OC)=N1. The van der Waals surface area contributed by atoms with Crippen molar-refractivity contribution < 1.29 is 18.9 Å². The molecule has 0 aromatic rings. The van der Waals surface area contributed by atoms with Gasteiger partial charge in [0.15, 0.2) is 0 Å². The first-order chi connectivity index (χ1) is 18.9.